The maximum atomic E-state index is 11.1. The topological polar surface area (TPSA) is 172 Å². The quantitative estimate of drug-likeness (QED) is 0.139. The molecule has 6 rings (SSSR count). The van der Waals surface area contributed by atoms with Crippen LogP contribution in [-0.4, -0.2) is 56.3 Å². The standard InChI is InChI=1S/3C12H12O3S.Al/c3*1-2-9-8-12(16(13,14)15)11-7-5-3-4-6-10(9)11;/h3*3-8H,2H2,1H3,(H,13,14,15);/q;;;+3/p-3. The summed E-state index contributed by atoms with van der Waals surface area (Å²) in [5.41, 5.74) is 6.71. The van der Waals surface area contributed by atoms with Crippen LogP contribution < -0.4 is 0 Å². The van der Waals surface area contributed by atoms with Crippen molar-refractivity contribution < 1.29 is 38.9 Å². The van der Waals surface area contributed by atoms with E-state index in [1.54, 1.807) is 54.6 Å². The zero-order chi connectivity index (χ0) is 35.3. The van der Waals surface area contributed by atoms with Gasteiger partial charge in [0.15, 0.2) is 0 Å². The van der Waals surface area contributed by atoms with Gasteiger partial charge in [0.1, 0.15) is 30.4 Å². The predicted molar refractivity (Wildman–Crippen MR) is 187 cm³/mol. The Balaban J connectivity index is 0.000000197. The van der Waals surface area contributed by atoms with Crippen LogP contribution in [0.4, 0.5) is 0 Å². The van der Waals surface area contributed by atoms with Gasteiger partial charge in [-0.3, -0.25) is 0 Å². The molecule has 0 aromatic heterocycles. The van der Waals surface area contributed by atoms with Crippen LogP contribution in [0.5, 0.6) is 0 Å². The second kappa shape index (κ2) is 16.4. The molecule has 6 aliphatic carbocycles. The molecule has 0 bridgehead atoms. The second-order valence-electron chi connectivity index (χ2n) is 10.7. The number of hydrogen-bond acceptors (Lipinski definition) is 9. The van der Waals surface area contributed by atoms with Crippen molar-refractivity contribution in [2.24, 2.45) is 0 Å². The molecule has 13 heteroatoms. The van der Waals surface area contributed by atoms with Crippen LogP contribution in [0.15, 0.2) is 124 Å². The van der Waals surface area contributed by atoms with Crippen molar-refractivity contribution in [1.29, 1.82) is 0 Å². The molecule has 0 atom stereocenters. The van der Waals surface area contributed by atoms with Gasteiger partial charge in [0.05, 0.1) is 14.7 Å². The molecule has 0 fully saturated rings. The van der Waals surface area contributed by atoms with E-state index >= 15 is 0 Å². The Morgan fingerprint density at radius 3 is 0.776 bits per heavy atom. The Kier molecular flexibility index (Phi) is 13.3. The summed E-state index contributed by atoms with van der Waals surface area (Å²) >= 11 is 0. The molecule has 0 radical (unpaired) electrons. The molecule has 0 aliphatic heterocycles. The minimum atomic E-state index is -4.40. The van der Waals surface area contributed by atoms with Crippen molar-refractivity contribution in [3.05, 3.63) is 126 Å². The minimum absolute atomic E-state index is 0. The Hall–Kier alpha value is -3.64. The summed E-state index contributed by atoms with van der Waals surface area (Å²) in [7, 11) is -13.2. The molecule has 0 aromatic carbocycles. The van der Waals surface area contributed by atoms with Gasteiger partial charge in [0.25, 0.3) is 0 Å². The molecule has 252 valence electrons. The third-order valence-electron chi connectivity index (χ3n) is 7.82. The molecule has 0 N–H and O–H groups in total. The molecule has 0 saturated heterocycles. The van der Waals surface area contributed by atoms with Gasteiger partial charge in [0.2, 0.25) is 0 Å². The summed E-state index contributed by atoms with van der Waals surface area (Å²) < 4.78 is 100. The van der Waals surface area contributed by atoms with E-state index in [2.05, 4.69) is 0 Å². The summed E-state index contributed by atoms with van der Waals surface area (Å²) in [6, 6.07) is 31.1. The van der Waals surface area contributed by atoms with E-state index < -0.39 is 30.4 Å². The van der Waals surface area contributed by atoms with E-state index in [-0.39, 0.29) is 32.0 Å². The summed E-state index contributed by atoms with van der Waals surface area (Å²) in [5, 5.41) is 0. The Labute approximate surface area is 299 Å². The first-order valence-electron chi connectivity index (χ1n) is 15.0. The molecule has 6 aliphatic rings. The van der Waals surface area contributed by atoms with E-state index in [4.69, 9.17) is 0 Å². The normalized spacial score (nSPS) is 11.6. The second-order valence-corrected chi connectivity index (χ2v) is 14.8. The monoisotopic (exact) mass is 732 g/mol. The van der Waals surface area contributed by atoms with Crippen molar-refractivity contribution in [1.82, 2.24) is 0 Å². The molecule has 0 amide bonds. The molecule has 49 heavy (non-hydrogen) atoms. The molecule has 0 spiro atoms. The van der Waals surface area contributed by atoms with Gasteiger partial charge in [0, 0.05) is 0 Å². The summed E-state index contributed by atoms with van der Waals surface area (Å²) in [5.74, 6) is 0. The third kappa shape index (κ3) is 9.33. The van der Waals surface area contributed by atoms with Crippen molar-refractivity contribution in [3.63, 3.8) is 0 Å². The zero-order valence-corrected chi connectivity index (χ0v) is 30.6. The van der Waals surface area contributed by atoms with E-state index in [1.165, 1.54) is 18.2 Å². The number of aryl methyl sites for hydroxylation is 3. The fourth-order valence-corrected chi connectivity index (χ4v) is 7.77. The van der Waals surface area contributed by atoms with Crippen LogP contribution >= 0.6 is 0 Å². The Morgan fingerprint density at radius 1 is 0.388 bits per heavy atom. The molecule has 0 heterocycles. The van der Waals surface area contributed by atoms with E-state index in [9.17, 15) is 38.9 Å². The molecule has 9 nitrogen and oxygen atoms in total. The van der Waals surface area contributed by atoms with E-state index in [0.29, 0.717) is 36.0 Å². The first-order valence-corrected chi connectivity index (χ1v) is 19.2. The van der Waals surface area contributed by atoms with E-state index in [1.807, 2.05) is 57.2 Å². The summed E-state index contributed by atoms with van der Waals surface area (Å²) in [6.45, 7) is 5.80. The molecular weight excluding hydrogens is 700 g/mol. The van der Waals surface area contributed by atoms with Gasteiger partial charge in [-0.1, -0.05) is 112 Å². The van der Waals surface area contributed by atoms with Gasteiger partial charge < -0.3 is 13.7 Å². The number of rotatable bonds is 6. The van der Waals surface area contributed by atoms with Crippen LogP contribution in [0.2, 0.25) is 0 Å². The van der Waals surface area contributed by atoms with Gasteiger partial charge in [-0.15, -0.1) is 0 Å². The third-order valence-corrected chi connectivity index (χ3v) is 10.4. The molecule has 0 unspecified atom stereocenters. The Bertz CT molecular complexity index is 2030. The van der Waals surface area contributed by atoms with Crippen molar-refractivity contribution in [2.45, 2.75) is 54.7 Å². The van der Waals surface area contributed by atoms with Crippen LogP contribution in [0.25, 0.3) is 33.4 Å². The average molecular weight is 733 g/mol. The maximum absolute atomic E-state index is 11.1. The van der Waals surface area contributed by atoms with Gasteiger partial charge in [-0.2, -0.15) is 0 Å². The smallest absolute Gasteiger partial charge is 0.744 e. The SMILES string of the molecule is CCc1cc(S(=O)(=O)[O-])c2cccccc1-2.CCc1cc(S(=O)(=O)[O-])c2cccccc1-2.CCc1cc(S(=O)(=O)[O-])c2cccccc1-2.[Al+3]. The van der Waals surface area contributed by atoms with Crippen LogP contribution in [0, 0.1) is 0 Å². The van der Waals surface area contributed by atoms with Crippen LogP contribution in [-0.2, 0) is 49.6 Å². The first kappa shape index (κ1) is 39.8. The van der Waals surface area contributed by atoms with Crippen LogP contribution in [0.1, 0.15) is 37.5 Å². The molecular formula is C36H33AlO9S3. The van der Waals surface area contributed by atoms with Crippen LogP contribution in [0.3, 0.4) is 0 Å². The molecule has 0 saturated carbocycles. The number of fused-ring (bicyclic) bond motifs is 3. The van der Waals surface area contributed by atoms with Gasteiger partial charge in [-0.05, 0) is 87.5 Å². The minimum Gasteiger partial charge on any atom is -0.744 e. The zero-order valence-electron chi connectivity index (χ0n) is 27.0. The van der Waals surface area contributed by atoms with Crippen molar-refractivity contribution in [2.75, 3.05) is 0 Å². The molecule has 0 aromatic rings. The largest absolute Gasteiger partial charge is 3.00 e. The fraction of sp³-hybridized carbons (Fsp3) is 0.167. The van der Waals surface area contributed by atoms with Gasteiger partial charge >= 0.3 is 17.4 Å². The van der Waals surface area contributed by atoms with Crippen molar-refractivity contribution >= 4 is 47.7 Å². The number of hydrogen-bond donors (Lipinski definition) is 0. The van der Waals surface area contributed by atoms with E-state index in [0.717, 1.165) is 33.4 Å². The predicted octanol–water partition coefficient (Wildman–Crippen LogP) is 6.39. The average Bonchev–Trinajstić information content (AvgIpc) is 3.42. The van der Waals surface area contributed by atoms with Gasteiger partial charge in [-0.25, -0.2) is 25.3 Å². The maximum Gasteiger partial charge on any atom is 3.00 e. The fourth-order valence-electron chi connectivity index (χ4n) is 5.57. The summed E-state index contributed by atoms with van der Waals surface area (Å²) in [6.07, 6.45) is 2.11. The first-order chi connectivity index (χ1) is 22.6. The van der Waals surface area contributed by atoms with Crippen molar-refractivity contribution in [3.8, 4) is 33.4 Å². The summed E-state index contributed by atoms with van der Waals surface area (Å²) in [4.78, 5) is -0.346. The Morgan fingerprint density at radius 2 is 0.592 bits per heavy atom.